The van der Waals surface area contributed by atoms with Crippen molar-refractivity contribution in [1.29, 1.82) is 0 Å². The molecule has 0 saturated carbocycles. The van der Waals surface area contributed by atoms with Crippen LogP contribution in [0.5, 0.6) is 5.75 Å². The Morgan fingerprint density at radius 1 is 1.38 bits per heavy atom. The third kappa shape index (κ3) is 5.85. The van der Waals surface area contributed by atoms with Crippen LogP contribution in [0.4, 0.5) is 0 Å². The molecule has 0 heterocycles. The van der Waals surface area contributed by atoms with Gasteiger partial charge in [0.25, 0.3) is 0 Å². The molecule has 1 aromatic carbocycles. The predicted molar refractivity (Wildman–Crippen MR) is 85.9 cm³/mol. The minimum absolute atomic E-state index is 0.163. The first-order chi connectivity index (χ1) is 9.81. The van der Waals surface area contributed by atoms with Gasteiger partial charge in [-0.05, 0) is 31.9 Å². The fourth-order valence-corrected chi connectivity index (χ4v) is 2.61. The number of nitrogens with two attached hydrogens (primary N) is 1. The second-order valence-corrected chi connectivity index (χ2v) is 6.77. The van der Waals surface area contributed by atoms with Crippen LogP contribution in [0, 0.1) is 13.8 Å². The Morgan fingerprint density at radius 2 is 1.95 bits per heavy atom. The fraction of sp³-hybridized carbons (Fsp3) is 0.533. The van der Waals surface area contributed by atoms with Crippen LogP contribution in [0.2, 0.25) is 0 Å². The topological polar surface area (TPSA) is 81.4 Å². The molecule has 21 heavy (non-hydrogen) atoms. The van der Waals surface area contributed by atoms with E-state index in [0.717, 1.165) is 16.9 Å². The zero-order chi connectivity index (χ0) is 16.0. The third-order valence-electron chi connectivity index (χ3n) is 3.03. The predicted octanol–water partition coefficient (Wildman–Crippen LogP) is 0.893. The van der Waals surface area contributed by atoms with Crippen molar-refractivity contribution in [2.75, 3.05) is 18.6 Å². The SMILES string of the molecule is Cc1cccc(C)c1OCC(C)NC(=O)C(N)CS(C)=O. The number of carbonyl (C=O) groups is 1. The number of benzene rings is 1. The van der Waals surface area contributed by atoms with Crippen molar-refractivity contribution in [3.8, 4) is 5.75 Å². The first kappa shape index (κ1) is 17.7. The Kier molecular flexibility index (Phi) is 6.84. The molecule has 1 rings (SSSR count). The summed E-state index contributed by atoms with van der Waals surface area (Å²) in [5.74, 6) is 0.705. The molecule has 0 aromatic heterocycles. The number of hydrogen-bond donors (Lipinski definition) is 2. The molecule has 0 aliphatic heterocycles. The highest BCUT2D eigenvalue weighted by atomic mass is 32.2. The molecule has 0 bridgehead atoms. The van der Waals surface area contributed by atoms with E-state index in [-0.39, 0.29) is 17.7 Å². The van der Waals surface area contributed by atoms with Crippen molar-refractivity contribution in [1.82, 2.24) is 5.32 Å². The number of nitrogens with one attached hydrogen (secondary N) is 1. The second kappa shape index (κ2) is 8.14. The van der Waals surface area contributed by atoms with Crippen molar-refractivity contribution in [3.05, 3.63) is 29.3 Å². The van der Waals surface area contributed by atoms with Crippen LogP contribution >= 0.6 is 0 Å². The summed E-state index contributed by atoms with van der Waals surface area (Å²) in [5, 5.41) is 2.77. The number of ether oxygens (including phenoxy) is 1. The Balaban J connectivity index is 2.49. The summed E-state index contributed by atoms with van der Waals surface area (Å²) in [6, 6.07) is 5.02. The van der Waals surface area contributed by atoms with Gasteiger partial charge in [-0.15, -0.1) is 0 Å². The van der Waals surface area contributed by atoms with Gasteiger partial charge >= 0.3 is 0 Å². The summed E-state index contributed by atoms with van der Waals surface area (Å²) >= 11 is 0. The minimum atomic E-state index is -1.09. The molecule has 1 aromatic rings. The number of amides is 1. The lowest BCUT2D eigenvalue weighted by Gasteiger charge is -2.19. The lowest BCUT2D eigenvalue weighted by molar-refractivity contribution is -0.122. The van der Waals surface area contributed by atoms with Crippen molar-refractivity contribution in [3.63, 3.8) is 0 Å². The summed E-state index contributed by atoms with van der Waals surface area (Å²) in [5.41, 5.74) is 7.80. The molecule has 0 aliphatic carbocycles. The van der Waals surface area contributed by atoms with Crippen LogP contribution in [0.1, 0.15) is 18.1 Å². The first-order valence-electron chi connectivity index (χ1n) is 6.86. The first-order valence-corrected chi connectivity index (χ1v) is 8.59. The van der Waals surface area contributed by atoms with Gasteiger partial charge in [0.15, 0.2) is 0 Å². The number of rotatable bonds is 7. The molecule has 118 valence electrons. The zero-order valence-electron chi connectivity index (χ0n) is 13.0. The molecule has 6 heteroatoms. The normalized spacial score (nSPS) is 15.1. The standard InChI is InChI=1S/C15H24N2O3S/c1-10-6-5-7-11(2)14(10)20-8-12(3)17-15(18)13(16)9-21(4)19/h5-7,12-13H,8-9,16H2,1-4H3,(H,17,18). The van der Waals surface area contributed by atoms with Crippen molar-refractivity contribution >= 4 is 16.7 Å². The molecule has 1 amide bonds. The van der Waals surface area contributed by atoms with Crippen LogP contribution in [-0.2, 0) is 15.6 Å². The maximum absolute atomic E-state index is 11.8. The van der Waals surface area contributed by atoms with Gasteiger partial charge in [0.1, 0.15) is 12.4 Å². The summed E-state index contributed by atoms with van der Waals surface area (Å²) < 4.78 is 16.8. The molecule has 0 spiro atoms. The van der Waals surface area contributed by atoms with E-state index in [1.165, 1.54) is 6.26 Å². The van der Waals surface area contributed by atoms with Gasteiger partial charge in [-0.1, -0.05) is 18.2 Å². The molecule has 0 radical (unpaired) electrons. The summed E-state index contributed by atoms with van der Waals surface area (Å²) in [4.78, 5) is 11.8. The summed E-state index contributed by atoms with van der Waals surface area (Å²) in [6.07, 6.45) is 1.53. The highest BCUT2D eigenvalue weighted by Crippen LogP contribution is 2.22. The average molecular weight is 312 g/mol. The molecule has 3 unspecified atom stereocenters. The summed E-state index contributed by atoms with van der Waals surface area (Å²) in [6.45, 7) is 6.18. The Labute approximate surface area is 128 Å². The monoisotopic (exact) mass is 312 g/mol. The highest BCUT2D eigenvalue weighted by molar-refractivity contribution is 7.84. The fourth-order valence-electron chi connectivity index (χ4n) is 1.96. The average Bonchev–Trinajstić information content (AvgIpc) is 2.37. The number of aryl methyl sites for hydroxylation is 2. The molecule has 0 fully saturated rings. The highest BCUT2D eigenvalue weighted by Gasteiger charge is 2.17. The van der Waals surface area contributed by atoms with Gasteiger partial charge in [-0.25, -0.2) is 0 Å². The number of para-hydroxylation sites is 1. The molecular formula is C15H24N2O3S. The maximum atomic E-state index is 11.8. The lowest BCUT2D eigenvalue weighted by Crippen LogP contribution is -2.48. The van der Waals surface area contributed by atoms with Crippen LogP contribution in [0.3, 0.4) is 0 Å². The Bertz CT molecular complexity index is 499. The Hall–Kier alpha value is -1.40. The van der Waals surface area contributed by atoms with Gasteiger partial charge < -0.3 is 15.8 Å². The molecule has 5 nitrogen and oxygen atoms in total. The van der Waals surface area contributed by atoms with Crippen molar-refractivity contribution in [2.24, 2.45) is 5.73 Å². The van der Waals surface area contributed by atoms with E-state index in [2.05, 4.69) is 5.32 Å². The number of carbonyl (C=O) groups excluding carboxylic acids is 1. The smallest absolute Gasteiger partial charge is 0.238 e. The molecule has 3 N–H and O–H groups in total. The van der Waals surface area contributed by atoms with Crippen LogP contribution in [-0.4, -0.2) is 40.8 Å². The van der Waals surface area contributed by atoms with Gasteiger partial charge in [-0.3, -0.25) is 9.00 Å². The summed E-state index contributed by atoms with van der Waals surface area (Å²) in [7, 11) is -1.09. The van der Waals surface area contributed by atoms with E-state index in [1.54, 1.807) is 0 Å². The zero-order valence-corrected chi connectivity index (χ0v) is 13.8. The van der Waals surface area contributed by atoms with E-state index in [0.29, 0.717) is 6.61 Å². The van der Waals surface area contributed by atoms with Crippen molar-refractivity contribution < 1.29 is 13.7 Å². The van der Waals surface area contributed by atoms with Crippen LogP contribution in [0.25, 0.3) is 0 Å². The van der Waals surface area contributed by atoms with Gasteiger partial charge in [0.2, 0.25) is 5.91 Å². The van der Waals surface area contributed by atoms with Gasteiger partial charge in [-0.2, -0.15) is 0 Å². The Morgan fingerprint density at radius 3 is 2.48 bits per heavy atom. The molecule has 0 aliphatic rings. The quantitative estimate of drug-likeness (QED) is 0.783. The second-order valence-electron chi connectivity index (χ2n) is 5.29. The van der Waals surface area contributed by atoms with E-state index in [9.17, 15) is 9.00 Å². The third-order valence-corrected chi connectivity index (χ3v) is 3.85. The maximum Gasteiger partial charge on any atom is 0.238 e. The van der Waals surface area contributed by atoms with E-state index in [1.807, 2.05) is 39.0 Å². The van der Waals surface area contributed by atoms with Gasteiger partial charge in [0, 0.05) is 22.8 Å². The molecule has 0 saturated heterocycles. The van der Waals surface area contributed by atoms with Crippen LogP contribution < -0.4 is 15.8 Å². The minimum Gasteiger partial charge on any atom is -0.491 e. The molecule has 3 atom stereocenters. The largest absolute Gasteiger partial charge is 0.491 e. The van der Waals surface area contributed by atoms with E-state index < -0.39 is 16.8 Å². The van der Waals surface area contributed by atoms with Crippen molar-refractivity contribution in [2.45, 2.75) is 32.9 Å². The lowest BCUT2D eigenvalue weighted by atomic mass is 10.1. The number of hydrogen-bond acceptors (Lipinski definition) is 4. The van der Waals surface area contributed by atoms with E-state index in [4.69, 9.17) is 10.5 Å². The van der Waals surface area contributed by atoms with E-state index >= 15 is 0 Å². The van der Waals surface area contributed by atoms with Crippen LogP contribution in [0.15, 0.2) is 18.2 Å². The van der Waals surface area contributed by atoms with Gasteiger partial charge in [0.05, 0.1) is 12.1 Å². The molecular weight excluding hydrogens is 288 g/mol.